The molecule has 0 atom stereocenters. The SMILES string of the molecule is COc1ccc2nc(NC(=O)CSc3ccccc3)sc2c1. The summed E-state index contributed by atoms with van der Waals surface area (Å²) in [4.78, 5) is 17.5. The zero-order valence-electron chi connectivity index (χ0n) is 11.9. The Morgan fingerprint density at radius 2 is 2.09 bits per heavy atom. The number of ether oxygens (including phenoxy) is 1. The largest absolute Gasteiger partial charge is 0.497 e. The molecule has 6 heteroatoms. The fourth-order valence-corrected chi connectivity index (χ4v) is 3.54. The second-order valence-corrected chi connectivity index (χ2v) is 6.58. The van der Waals surface area contributed by atoms with E-state index in [9.17, 15) is 4.79 Å². The number of aromatic nitrogens is 1. The van der Waals surface area contributed by atoms with Gasteiger partial charge in [0.1, 0.15) is 5.75 Å². The van der Waals surface area contributed by atoms with Crippen LogP contribution < -0.4 is 10.1 Å². The zero-order valence-corrected chi connectivity index (χ0v) is 13.5. The molecule has 0 saturated carbocycles. The minimum atomic E-state index is -0.0557. The molecule has 0 aliphatic heterocycles. The fourth-order valence-electron chi connectivity index (χ4n) is 1.91. The predicted octanol–water partition coefficient (Wildman–Crippen LogP) is 4.04. The van der Waals surface area contributed by atoms with Gasteiger partial charge in [0.2, 0.25) is 5.91 Å². The van der Waals surface area contributed by atoms with Crippen LogP contribution in [0.4, 0.5) is 5.13 Å². The molecular weight excluding hydrogens is 316 g/mol. The van der Waals surface area contributed by atoms with Gasteiger partial charge in [-0.3, -0.25) is 4.79 Å². The summed E-state index contributed by atoms with van der Waals surface area (Å²) in [6.45, 7) is 0. The molecule has 1 amide bonds. The van der Waals surface area contributed by atoms with E-state index in [0.29, 0.717) is 10.9 Å². The molecule has 4 nitrogen and oxygen atoms in total. The molecule has 0 fully saturated rings. The molecule has 112 valence electrons. The van der Waals surface area contributed by atoms with Crippen LogP contribution in [-0.2, 0) is 4.79 Å². The van der Waals surface area contributed by atoms with Crippen LogP contribution in [0.3, 0.4) is 0 Å². The summed E-state index contributed by atoms with van der Waals surface area (Å²) in [6.07, 6.45) is 0. The highest BCUT2D eigenvalue weighted by Crippen LogP contribution is 2.29. The molecule has 2 aromatic carbocycles. The fraction of sp³-hybridized carbons (Fsp3) is 0.125. The zero-order chi connectivity index (χ0) is 15.4. The highest BCUT2D eigenvalue weighted by molar-refractivity contribution is 8.00. The first-order chi connectivity index (χ1) is 10.7. The molecule has 0 spiro atoms. The Balaban J connectivity index is 1.63. The molecule has 1 heterocycles. The Morgan fingerprint density at radius 1 is 1.27 bits per heavy atom. The second kappa shape index (κ2) is 6.81. The number of hydrogen-bond donors (Lipinski definition) is 1. The van der Waals surface area contributed by atoms with Crippen molar-refractivity contribution in [2.75, 3.05) is 18.2 Å². The standard InChI is InChI=1S/C16H14N2O2S2/c1-20-11-7-8-13-14(9-11)22-16(17-13)18-15(19)10-21-12-5-3-2-4-6-12/h2-9H,10H2,1H3,(H,17,18,19). The number of amides is 1. The number of nitrogens with zero attached hydrogens (tertiary/aromatic N) is 1. The van der Waals surface area contributed by atoms with E-state index < -0.39 is 0 Å². The first-order valence-corrected chi connectivity index (χ1v) is 8.47. The number of fused-ring (bicyclic) bond motifs is 1. The number of thiazole rings is 1. The van der Waals surface area contributed by atoms with Crippen LogP contribution in [0.2, 0.25) is 0 Å². The van der Waals surface area contributed by atoms with Gasteiger partial charge in [-0.2, -0.15) is 0 Å². The van der Waals surface area contributed by atoms with Crippen LogP contribution in [0.15, 0.2) is 53.4 Å². The van der Waals surface area contributed by atoms with Crippen molar-refractivity contribution in [1.29, 1.82) is 0 Å². The average molecular weight is 330 g/mol. The van der Waals surface area contributed by atoms with Crippen molar-refractivity contribution in [2.45, 2.75) is 4.90 Å². The highest BCUT2D eigenvalue weighted by atomic mass is 32.2. The molecule has 3 aromatic rings. The molecule has 0 aliphatic carbocycles. The van der Waals surface area contributed by atoms with Crippen molar-refractivity contribution in [2.24, 2.45) is 0 Å². The van der Waals surface area contributed by atoms with Crippen molar-refractivity contribution >= 4 is 44.4 Å². The van der Waals surface area contributed by atoms with E-state index in [1.165, 1.54) is 23.1 Å². The average Bonchev–Trinajstić information content (AvgIpc) is 2.95. The number of benzene rings is 2. The van der Waals surface area contributed by atoms with Gasteiger partial charge in [0.15, 0.2) is 5.13 Å². The van der Waals surface area contributed by atoms with Gasteiger partial charge in [0.05, 0.1) is 23.1 Å². The third kappa shape index (κ3) is 3.58. The van der Waals surface area contributed by atoms with Crippen LogP contribution in [0.5, 0.6) is 5.75 Å². The number of thioether (sulfide) groups is 1. The minimum absolute atomic E-state index is 0.0557. The minimum Gasteiger partial charge on any atom is -0.497 e. The van der Waals surface area contributed by atoms with E-state index in [1.54, 1.807) is 7.11 Å². The lowest BCUT2D eigenvalue weighted by atomic mass is 10.3. The molecular formula is C16H14N2O2S2. The van der Waals surface area contributed by atoms with Crippen LogP contribution in [0, 0.1) is 0 Å². The Hall–Kier alpha value is -2.05. The number of anilines is 1. The Bertz CT molecular complexity index is 787. The van der Waals surface area contributed by atoms with Crippen molar-refractivity contribution < 1.29 is 9.53 Å². The van der Waals surface area contributed by atoms with Gasteiger partial charge in [-0.1, -0.05) is 29.5 Å². The summed E-state index contributed by atoms with van der Waals surface area (Å²) >= 11 is 2.95. The monoisotopic (exact) mass is 330 g/mol. The van der Waals surface area contributed by atoms with E-state index in [1.807, 2.05) is 48.5 Å². The number of hydrogen-bond acceptors (Lipinski definition) is 5. The van der Waals surface area contributed by atoms with Crippen LogP contribution in [-0.4, -0.2) is 23.8 Å². The number of methoxy groups -OCH3 is 1. The maximum absolute atomic E-state index is 12.0. The second-order valence-electron chi connectivity index (χ2n) is 4.50. The van der Waals surface area contributed by atoms with Crippen LogP contribution >= 0.6 is 23.1 Å². The Kier molecular flexibility index (Phi) is 4.60. The lowest BCUT2D eigenvalue weighted by Gasteiger charge is -2.01. The lowest BCUT2D eigenvalue weighted by Crippen LogP contribution is -2.13. The normalized spacial score (nSPS) is 10.6. The Labute approximate surface area is 136 Å². The molecule has 1 N–H and O–H groups in total. The molecule has 0 bridgehead atoms. The highest BCUT2D eigenvalue weighted by Gasteiger charge is 2.09. The van der Waals surface area contributed by atoms with Gasteiger partial charge >= 0.3 is 0 Å². The van der Waals surface area contributed by atoms with E-state index in [0.717, 1.165) is 20.9 Å². The van der Waals surface area contributed by atoms with E-state index in [4.69, 9.17) is 4.74 Å². The molecule has 0 radical (unpaired) electrons. The summed E-state index contributed by atoms with van der Waals surface area (Å²) in [5, 5.41) is 3.46. The maximum Gasteiger partial charge on any atom is 0.236 e. The first-order valence-electron chi connectivity index (χ1n) is 6.67. The van der Waals surface area contributed by atoms with Gasteiger partial charge in [-0.25, -0.2) is 4.98 Å². The number of carbonyl (C=O) groups excluding carboxylic acids is 1. The first kappa shape index (κ1) is 14.9. The Morgan fingerprint density at radius 3 is 2.86 bits per heavy atom. The summed E-state index contributed by atoms with van der Waals surface area (Å²) in [5.74, 6) is 1.09. The van der Waals surface area contributed by atoms with Gasteiger partial charge < -0.3 is 10.1 Å². The summed E-state index contributed by atoms with van der Waals surface area (Å²) in [7, 11) is 1.63. The smallest absolute Gasteiger partial charge is 0.236 e. The molecule has 0 aliphatic rings. The predicted molar refractivity (Wildman–Crippen MR) is 92.0 cm³/mol. The van der Waals surface area contributed by atoms with Gasteiger partial charge in [-0.05, 0) is 30.3 Å². The summed E-state index contributed by atoms with van der Waals surface area (Å²) in [5.41, 5.74) is 0.858. The molecule has 1 aromatic heterocycles. The molecule has 22 heavy (non-hydrogen) atoms. The van der Waals surface area contributed by atoms with Crippen LogP contribution in [0.1, 0.15) is 0 Å². The molecule has 0 saturated heterocycles. The number of nitrogens with one attached hydrogen (secondary N) is 1. The van der Waals surface area contributed by atoms with E-state index in [-0.39, 0.29) is 5.91 Å². The lowest BCUT2D eigenvalue weighted by molar-refractivity contribution is -0.113. The van der Waals surface area contributed by atoms with Crippen molar-refractivity contribution in [3.63, 3.8) is 0 Å². The van der Waals surface area contributed by atoms with Gasteiger partial charge in [0.25, 0.3) is 0 Å². The van der Waals surface area contributed by atoms with E-state index in [2.05, 4.69) is 10.3 Å². The molecule has 3 rings (SSSR count). The van der Waals surface area contributed by atoms with Gasteiger partial charge in [0, 0.05) is 4.90 Å². The van der Waals surface area contributed by atoms with Crippen molar-refractivity contribution in [3.05, 3.63) is 48.5 Å². The van der Waals surface area contributed by atoms with Gasteiger partial charge in [-0.15, -0.1) is 11.8 Å². The summed E-state index contributed by atoms with van der Waals surface area (Å²) < 4.78 is 6.18. The van der Waals surface area contributed by atoms with Crippen molar-refractivity contribution in [1.82, 2.24) is 4.98 Å². The summed E-state index contributed by atoms with van der Waals surface area (Å²) in [6, 6.07) is 15.5. The maximum atomic E-state index is 12.0. The third-order valence-electron chi connectivity index (χ3n) is 2.96. The topological polar surface area (TPSA) is 51.2 Å². The molecule has 0 unspecified atom stereocenters. The third-order valence-corrected chi connectivity index (χ3v) is 4.90. The van der Waals surface area contributed by atoms with Crippen molar-refractivity contribution in [3.8, 4) is 5.75 Å². The number of rotatable bonds is 5. The van der Waals surface area contributed by atoms with Crippen LogP contribution in [0.25, 0.3) is 10.2 Å². The quantitative estimate of drug-likeness (QED) is 0.718. The number of carbonyl (C=O) groups is 1. The van der Waals surface area contributed by atoms with E-state index >= 15 is 0 Å².